The number of nitrogens with one attached hydrogen (secondary N) is 1. The lowest BCUT2D eigenvalue weighted by Gasteiger charge is -2.17. The van der Waals surface area contributed by atoms with Crippen molar-refractivity contribution in [3.8, 4) is 50.2 Å². The molecule has 26 heteroatoms. The largest absolute Gasteiger partial charge is 0.359 e. The second kappa shape index (κ2) is 35.1. The lowest BCUT2D eigenvalue weighted by molar-refractivity contribution is 0.0755. The first-order valence-electron chi connectivity index (χ1n) is 40.1. The van der Waals surface area contributed by atoms with E-state index < -0.39 is 21.7 Å². The second-order valence-corrected chi connectivity index (χ2v) is 32.9. The van der Waals surface area contributed by atoms with Gasteiger partial charge in [0.05, 0.1) is 47.3 Å². The molecule has 0 aliphatic carbocycles. The molecular weight excluding hydrogens is 1590 g/mol. The number of sulfonamides is 1. The molecular formula is C98H81F4N15O6S. The van der Waals surface area contributed by atoms with Gasteiger partial charge in [-0.05, 0) is 165 Å². The second-order valence-electron chi connectivity index (χ2n) is 30.9. The van der Waals surface area contributed by atoms with Gasteiger partial charge in [-0.15, -0.1) is 0 Å². The minimum Gasteiger partial charge on any atom is -0.359 e. The fourth-order valence-electron chi connectivity index (χ4n) is 16.0. The summed E-state index contributed by atoms with van der Waals surface area (Å²) < 4.78 is 89.8. The number of rotatable bonds is 15. The lowest BCUT2D eigenvalue weighted by Crippen LogP contribution is -2.24. The zero-order valence-corrected chi connectivity index (χ0v) is 68.6. The van der Waals surface area contributed by atoms with Crippen LogP contribution in [0.2, 0.25) is 0 Å². The highest BCUT2D eigenvalue weighted by atomic mass is 32.2. The molecule has 6 aliphatic heterocycles. The highest BCUT2D eigenvalue weighted by Gasteiger charge is 2.36. The molecule has 6 aliphatic rings. The number of anilines is 1. The van der Waals surface area contributed by atoms with Crippen LogP contribution in [0.4, 0.5) is 23.2 Å². The molecule has 8 aromatic carbocycles. The normalized spacial score (nSPS) is 14.2. The van der Waals surface area contributed by atoms with Crippen LogP contribution in [-0.4, -0.2) is 100 Å². The third kappa shape index (κ3) is 17.4. The van der Waals surface area contributed by atoms with E-state index in [4.69, 9.17) is 0 Å². The third-order valence-electron chi connectivity index (χ3n) is 22.5. The number of nitrogens with zero attached hydrogens (tertiary/aromatic N) is 14. The highest BCUT2D eigenvalue weighted by Crippen LogP contribution is 2.37. The number of benzene rings is 8. The van der Waals surface area contributed by atoms with Gasteiger partial charge >= 0.3 is 0 Å². The maximum Gasteiger partial charge on any atom is 0.273 e. The number of hydrogen-bond donors (Lipinski definition) is 1. The molecule has 0 unspecified atom stereocenters. The molecule has 7 aromatic heterocycles. The summed E-state index contributed by atoms with van der Waals surface area (Å²) >= 11 is 0. The molecule has 13 heterocycles. The van der Waals surface area contributed by atoms with Crippen LogP contribution in [0, 0.1) is 30.2 Å². The van der Waals surface area contributed by atoms with Gasteiger partial charge < -0.3 is 29.5 Å². The van der Waals surface area contributed by atoms with Crippen LogP contribution in [0.15, 0.2) is 304 Å². The van der Waals surface area contributed by atoms with Gasteiger partial charge in [0.15, 0.2) is 0 Å². The summed E-state index contributed by atoms with van der Waals surface area (Å²) in [6, 6.07) is 66.0. The summed E-state index contributed by atoms with van der Waals surface area (Å²) in [4.78, 5) is 73.6. The van der Waals surface area contributed by atoms with Crippen molar-refractivity contribution in [1.82, 2.24) is 68.0 Å². The standard InChI is InChI=1S/C23H18FN3O.C20H17N3O.C19H15FN2O.C18H15FN4O.C18H16FN3O2S/c1-14-9-18-10-15(6-7-21(18)26-14)16-4-5-17(20(24)11-16)12-27-13-22-19(23(27)28)3-2-8-25-22;1-14-10-15(16-4-2-8-21-11-16)6-7-17(14)12-23-13-18-5-3-9-22-19(18)20(23)24;20-18-11-16(21-9-3-4-10-21)8-7-15(18)13-22-12-14-5-1-2-6-17(14)19(22)23;1-22-9-14(8-21-22)13-6-16(19)17(20-7-13)11-23-10-12-4-2-3-5-15(12)18(23)24;1-21-10-16(9-20-21)13-6-7-14(17(19)8-13)11-22-12-15-4-2-3-5-18(15)25(22,23)24/h2-8,10-11,26H,1,9,12-13H2;2-11H,12-13H2,1H3;1-11H,12-13H2;2-9H,10-11H2,1H3;2-10H,11-12H2,1H3. The zero-order chi connectivity index (χ0) is 85.9. The number of carbonyl (C=O) groups excluding carboxylic acids is 4. The minimum atomic E-state index is -3.57. The molecule has 0 saturated heterocycles. The van der Waals surface area contributed by atoms with E-state index in [2.05, 4.69) is 73.2 Å². The first kappa shape index (κ1) is 81.5. The SMILES string of the molecule is C=C1Cc2cc(-c3ccc(CN4Cc5ncccc5C4=O)c(F)c3)ccc2N1.Cc1cc(-c2cccnc2)ccc1CN1Cc2cccnc2C1=O.Cn1cc(-c2ccc(CN3Cc4ccccc4S3(=O)=O)c(F)c2)cn1.Cn1cc(-c2cnc(CN3Cc4ccccc4C3=O)c(F)c2)cn1.O=C1c2ccccc2CN1Cc1ccc(-n2cccc2)cc1F. The van der Waals surface area contributed by atoms with Crippen molar-refractivity contribution < 1.29 is 45.2 Å². The van der Waals surface area contributed by atoms with Crippen molar-refractivity contribution in [1.29, 1.82) is 0 Å². The Hall–Kier alpha value is -14.9. The van der Waals surface area contributed by atoms with Gasteiger partial charge in [0, 0.05) is 196 Å². The average Bonchev–Trinajstić information content (AvgIpc) is 1.61. The Morgan fingerprint density at radius 3 is 1.54 bits per heavy atom. The molecule has 0 radical (unpaired) electrons. The van der Waals surface area contributed by atoms with E-state index in [-0.39, 0.29) is 73.7 Å². The molecule has 1 N–H and O–H groups in total. The maximum absolute atomic E-state index is 14.8. The summed E-state index contributed by atoms with van der Waals surface area (Å²) in [5.41, 5.74) is 22.0. The molecule has 0 spiro atoms. The van der Waals surface area contributed by atoms with Gasteiger partial charge in [-0.2, -0.15) is 14.5 Å². The lowest BCUT2D eigenvalue weighted by atomic mass is 10.00. The number of pyridine rings is 4. The van der Waals surface area contributed by atoms with Crippen LogP contribution >= 0.6 is 0 Å². The molecule has 124 heavy (non-hydrogen) atoms. The first-order chi connectivity index (χ1) is 60.1. The monoisotopic (exact) mass is 1670 g/mol. The van der Waals surface area contributed by atoms with Crippen LogP contribution in [0.3, 0.4) is 0 Å². The number of allylic oxidation sites excluding steroid dienone is 1. The predicted molar refractivity (Wildman–Crippen MR) is 462 cm³/mol. The van der Waals surface area contributed by atoms with Crippen LogP contribution in [-0.2, 0) is 96.0 Å². The molecule has 15 aromatic rings. The summed E-state index contributed by atoms with van der Waals surface area (Å²) in [5, 5.41) is 11.4. The Bertz CT molecular complexity index is 6780. The number of aryl methyl sites for hydroxylation is 3. The van der Waals surface area contributed by atoms with Gasteiger partial charge in [0.1, 0.15) is 29.0 Å². The van der Waals surface area contributed by atoms with Crippen molar-refractivity contribution in [3.05, 3.63) is 412 Å². The molecule has 618 valence electrons. The quantitative estimate of drug-likeness (QED) is 0.0944. The number of hydrogen-bond acceptors (Lipinski definition) is 13. The van der Waals surface area contributed by atoms with Crippen molar-refractivity contribution in [2.45, 2.75) is 83.7 Å². The van der Waals surface area contributed by atoms with Crippen molar-refractivity contribution in [2.24, 2.45) is 14.1 Å². The highest BCUT2D eigenvalue weighted by molar-refractivity contribution is 7.89. The summed E-state index contributed by atoms with van der Waals surface area (Å²) in [7, 11) is 0.0327. The predicted octanol–water partition coefficient (Wildman–Crippen LogP) is 17.6. The Kier molecular flexibility index (Phi) is 23.0. The molecule has 0 fully saturated rings. The van der Waals surface area contributed by atoms with Crippen LogP contribution in [0.5, 0.6) is 0 Å². The zero-order valence-electron chi connectivity index (χ0n) is 67.8. The molecule has 21 nitrogen and oxygen atoms in total. The number of amides is 4. The van der Waals surface area contributed by atoms with Gasteiger partial charge in [-0.1, -0.05) is 128 Å². The first-order valence-corrected chi connectivity index (χ1v) is 41.5. The number of aromatic nitrogens is 9. The fraction of sp³-hybridized carbons (Fsp3) is 0.143. The van der Waals surface area contributed by atoms with E-state index in [1.807, 2.05) is 131 Å². The van der Waals surface area contributed by atoms with Crippen LogP contribution in [0.1, 0.15) is 109 Å². The smallest absolute Gasteiger partial charge is 0.273 e. The van der Waals surface area contributed by atoms with Crippen LogP contribution < -0.4 is 5.32 Å². The average molecular weight is 1670 g/mol. The minimum absolute atomic E-state index is 0.0101. The van der Waals surface area contributed by atoms with E-state index >= 15 is 0 Å². The van der Waals surface area contributed by atoms with Crippen LogP contribution in [0.25, 0.3) is 50.2 Å². The molecule has 0 bridgehead atoms. The van der Waals surface area contributed by atoms with Gasteiger partial charge in [0.2, 0.25) is 10.0 Å². The Morgan fingerprint density at radius 2 is 0.927 bits per heavy atom. The van der Waals surface area contributed by atoms with E-state index in [9.17, 15) is 45.2 Å². The topological polar surface area (TPSA) is 223 Å². The van der Waals surface area contributed by atoms with Gasteiger partial charge in [-0.3, -0.25) is 48.5 Å². The molecule has 0 saturated carbocycles. The van der Waals surface area contributed by atoms with Crippen molar-refractivity contribution >= 4 is 39.3 Å². The summed E-state index contributed by atoms with van der Waals surface area (Å²) in [5.74, 6) is -1.64. The van der Waals surface area contributed by atoms with Gasteiger partial charge in [0.25, 0.3) is 23.6 Å². The number of carbonyl (C=O) groups is 4. The molecule has 21 rings (SSSR count). The fourth-order valence-corrected chi connectivity index (χ4v) is 17.6. The molecule has 4 amide bonds. The summed E-state index contributed by atoms with van der Waals surface area (Å²) in [6.07, 6.45) is 20.1. The van der Waals surface area contributed by atoms with Crippen molar-refractivity contribution in [3.63, 3.8) is 0 Å². The van der Waals surface area contributed by atoms with E-state index in [1.165, 1.54) is 33.6 Å². The van der Waals surface area contributed by atoms with E-state index in [0.717, 1.165) is 95.9 Å². The summed E-state index contributed by atoms with van der Waals surface area (Å²) in [6.45, 7) is 9.67. The van der Waals surface area contributed by atoms with E-state index in [1.54, 1.807) is 161 Å². The Balaban J connectivity index is 0.000000110. The maximum atomic E-state index is 14.8. The Labute approximate surface area is 713 Å². The van der Waals surface area contributed by atoms with Crippen molar-refractivity contribution in [2.75, 3.05) is 5.32 Å². The van der Waals surface area contributed by atoms with E-state index in [0.29, 0.717) is 82.3 Å². The number of halogens is 4. The van der Waals surface area contributed by atoms with Gasteiger partial charge in [-0.25, -0.2) is 26.0 Å². The number of fused-ring (bicyclic) bond motifs is 6. The Morgan fingerprint density at radius 1 is 0.411 bits per heavy atom. The molecule has 0 atom stereocenters. The third-order valence-corrected chi connectivity index (χ3v) is 24.4.